The molecule has 0 rings (SSSR count). The molecule has 0 N–H and O–H groups in total. The minimum absolute atomic E-state index is 1.28. The normalized spacial score (nSPS) is 15.6. The summed E-state index contributed by atoms with van der Waals surface area (Å²) in [5, 5.41) is 0. The Morgan fingerprint density at radius 1 is 0.314 bits per heavy atom. The van der Waals surface area contributed by atoms with Crippen molar-refractivity contribution in [1.29, 1.82) is 0 Å². The van der Waals surface area contributed by atoms with E-state index < -0.39 is 47.9 Å². The molecule has 0 aromatic rings. The van der Waals surface area contributed by atoms with Crippen molar-refractivity contribution in [1.82, 2.24) is 0 Å². The number of hydrogen-bond acceptors (Lipinski definition) is 0. The molecule has 0 heterocycles. The summed E-state index contributed by atoms with van der Waals surface area (Å²) < 4.78 is 222. The lowest BCUT2D eigenvalue weighted by Crippen LogP contribution is -2.74. The van der Waals surface area contributed by atoms with E-state index in [1.165, 1.54) is 30.7 Å². The van der Waals surface area contributed by atoms with Crippen LogP contribution in [-0.4, -0.2) is 78.5 Å². The van der Waals surface area contributed by atoms with Crippen LogP contribution in [0.5, 0.6) is 0 Å². The Labute approximate surface area is 186 Å². The number of quaternary nitrogens is 1. The van der Waals surface area contributed by atoms with Crippen molar-refractivity contribution in [3.63, 3.8) is 0 Å². The van der Waals surface area contributed by atoms with Crippen molar-refractivity contribution in [3.8, 4) is 0 Å². The van der Waals surface area contributed by atoms with Crippen molar-refractivity contribution in [2.24, 2.45) is 0 Å². The second-order valence-electron chi connectivity index (χ2n) is 7.05. The molecule has 35 heavy (non-hydrogen) atoms. The van der Waals surface area contributed by atoms with Gasteiger partial charge < -0.3 is 4.48 Å². The van der Waals surface area contributed by atoms with E-state index in [-0.39, 0.29) is 0 Å². The number of hydrogen-bond donors (Lipinski definition) is 0. The van der Waals surface area contributed by atoms with Gasteiger partial charge in [0, 0.05) is 0 Å². The SMILES string of the molecule is CC[N+](CC)(CC)CC.FC(F)(F)C(F)(F)C(F)(F)C(F)(F)C(F)(F)C(F)(F)C(F)(F)C(F)(F)F. The van der Waals surface area contributed by atoms with Crippen LogP contribution >= 0.6 is 0 Å². The molecule has 0 spiro atoms. The molecule has 0 radical (unpaired) electrons. The Morgan fingerprint density at radius 2 is 0.457 bits per heavy atom. The predicted octanol–water partition coefficient (Wildman–Crippen LogP) is 7.81. The van der Waals surface area contributed by atoms with E-state index in [1.54, 1.807) is 0 Å². The maximum absolute atomic E-state index is 12.8. The third kappa shape index (κ3) is 5.67. The smallest absolute Gasteiger partial charge is 0.325 e. The van der Waals surface area contributed by atoms with Crippen LogP contribution in [0.4, 0.5) is 79.0 Å². The van der Waals surface area contributed by atoms with Gasteiger partial charge in [-0.1, -0.05) is 0 Å². The van der Waals surface area contributed by atoms with E-state index in [1.807, 2.05) is 0 Å². The Kier molecular flexibility index (Phi) is 10.5. The van der Waals surface area contributed by atoms with Crippen molar-refractivity contribution < 1.29 is 83.5 Å². The lowest BCUT2D eigenvalue weighted by molar-refractivity contribution is -0.921. The molecule has 0 aliphatic heterocycles. The third-order valence-corrected chi connectivity index (χ3v) is 5.37. The second kappa shape index (κ2) is 10.2. The molecule has 0 fully saturated rings. The van der Waals surface area contributed by atoms with Gasteiger partial charge in [0.2, 0.25) is 0 Å². The summed E-state index contributed by atoms with van der Waals surface area (Å²) >= 11 is 0. The summed E-state index contributed by atoms with van der Waals surface area (Å²) in [5.74, 6) is -51.0. The second-order valence-corrected chi connectivity index (χ2v) is 7.05. The van der Waals surface area contributed by atoms with Crippen LogP contribution in [0.3, 0.4) is 0 Å². The molecule has 1 nitrogen and oxygen atoms in total. The van der Waals surface area contributed by atoms with Gasteiger partial charge in [-0.05, 0) is 27.7 Å². The van der Waals surface area contributed by atoms with E-state index in [4.69, 9.17) is 0 Å². The molecule has 0 aromatic heterocycles. The Hall–Kier alpha value is -1.30. The molecule has 0 bridgehead atoms. The highest BCUT2D eigenvalue weighted by Crippen LogP contribution is 2.63. The van der Waals surface area contributed by atoms with Gasteiger partial charge in [-0.15, -0.1) is 0 Å². The van der Waals surface area contributed by atoms with Crippen LogP contribution in [0.1, 0.15) is 27.7 Å². The van der Waals surface area contributed by atoms with Gasteiger partial charge in [0.25, 0.3) is 0 Å². The zero-order valence-corrected chi connectivity index (χ0v) is 18.1. The zero-order chi connectivity index (χ0) is 29.3. The van der Waals surface area contributed by atoms with E-state index in [9.17, 15) is 79.0 Å². The van der Waals surface area contributed by atoms with E-state index in [0.717, 1.165) is 0 Å². The van der Waals surface area contributed by atoms with Crippen molar-refractivity contribution in [3.05, 3.63) is 0 Å². The monoisotopic (exact) mass is 568 g/mol. The minimum atomic E-state index is -8.72. The van der Waals surface area contributed by atoms with Gasteiger partial charge >= 0.3 is 47.9 Å². The van der Waals surface area contributed by atoms with Gasteiger partial charge in [-0.25, -0.2) is 0 Å². The fraction of sp³-hybridized carbons (Fsp3) is 1.00. The fourth-order valence-corrected chi connectivity index (χ4v) is 2.49. The molecule has 19 heteroatoms. The summed E-state index contributed by atoms with van der Waals surface area (Å²) in [6.07, 6.45) is -15.6. The predicted molar refractivity (Wildman–Crippen MR) is 84.2 cm³/mol. The molecule has 0 unspecified atom stereocenters. The highest BCUT2D eigenvalue weighted by Gasteiger charge is 2.95. The first-order chi connectivity index (χ1) is 15.0. The highest BCUT2D eigenvalue weighted by atomic mass is 19.4. The molecule has 0 amide bonds. The van der Waals surface area contributed by atoms with Gasteiger partial charge in [-0.3, -0.25) is 0 Å². The summed E-state index contributed by atoms with van der Waals surface area (Å²) in [4.78, 5) is 0. The van der Waals surface area contributed by atoms with Gasteiger partial charge in [0.1, 0.15) is 0 Å². The summed E-state index contributed by atoms with van der Waals surface area (Å²) in [6.45, 7) is 14.2. The molecule has 0 atom stereocenters. The summed E-state index contributed by atoms with van der Waals surface area (Å²) in [5.41, 5.74) is 0. The van der Waals surface area contributed by atoms with Crippen LogP contribution in [0.2, 0.25) is 0 Å². The van der Waals surface area contributed by atoms with Crippen LogP contribution in [0.25, 0.3) is 0 Å². The Morgan fingerprint density at radius 3 is 0.543 bits per heavy atom. The highest BCUT2D eigenvalue weighted by molar-refractivity contribution is 5.14. The molecule has 214 valence electrons. The van der Waals surface area contributed by atoms with E-state index in [2.05, 4.69) is 27.7 Å². The van der Waals surface area contributed by atoms with Crippen molar-refractivity contribution in [2.45, 2.75) is 75.6 Å². The minimum Gasteiger partial charge on any atom is -0.325 e. The lowest BCUT2D eigenvalue weighted by Gasteiger charge is -2.41. The zero-order valence-electron chi connectivity index (χ0n) is 18.1. The third-order valence-electron chi connectivity index (χ3n) is 5.37. The number of rotatable bonds is 9. The Balaban J connectivity index is 0. The topological polar surface area (TPSA) is 0 Å². The number of alkyl halides is 18. The molecular weight excluding hydrogens is 548 g/mol. The summed E-state index contributed by atoms with van der Waals surface area (Å²) in [7, 11) is 0. The molecule has 0 saturated heterocycles. The lowest BCUT2D eigenvalue weighted by atomic mass is 9.91. The quantitative estimate of drug-likeness (QED) is 0.197. The van der Waals surface area contributed by atoms with Crippen LogP contribution in [-0.2, 0) is 0 Å². The average molecular weight is 568 g/mol. The first-order valence-corrected chi connectivity index (χ1v) is 9.25. The first kappa shape index (κ1) is 35.9. The molecular formula is C16H20F18N+. The molecule has 0 aliphatic rings. The van der Waals surface area contributed by atoms with Crippen molar-refractivity contribution >= 4 is 0 Å². The maximum Gasteiger partial charge on any atom is 0.460 e. The fourth-order valence-electron chi connectivity index (χ4n) is 2.49. The summed E-state index contributed by atoms with van der Waals surface area (Å²) in [6, 6.07) is 0. The van der Waals surface area contributed by atoms with Gasteiger partial charge in [-0.2, -0.15) is 79.0 Å². The largest absolute Gasteiger partial charge is 0.460 e. The van der Waals surface area contributed by atoms with E-state index in [0.29, 0.717) is 0 Å². The standard InChI is InChI=1S/C8F18.C8H20N/c9-1(10,3(13,14)5(17,18)7(21,22)23)2(11,12)4(15,16)6(19,20)8(24,25)26;1-5-9(6-2,7-3)8-4/h;5-8H2,1-4H3/q;+1. The molecule has 0 saturated carbocycles. The Bertz CT molecular complexity index is 605. The van der Waals surface area contributed by atoms with Crippen molar-refractivity contribution in [2.75, 3.05) is 26.2 Å². The maximum atomic E-state index is 12.8. The van der Waals surface area contributed by atoms with Crippen LogP contribution in [0, 0.1) is 0 Å². The van der Waals surface area contributed by atoms with Crippen LogP contribution in [0.15, 0.2) is 0 Å². The van der Waals surface area contributed by atoms with Gasteiger partial charge in [0.15, 0.2) is 0 Å². The molecule has 0 aliphatic carbocycles. The van der Waals surface area contributed by atoms with Gasteiger partial charge in [0.05, 0.1) is 26.2 Å². The molecule has 0 aromatic carbocycles. The number of halogens is 18. The van der Waals surface area contributed by atoms with E-state index >= 15 is 0 Å². The first-order valence-electron chi connectivity index (χ1n) is 9.25. The van der Waals surface area contributed by atoms with Crippen LogP contribution < -0.4 is 0 Å². The number of nitrogens with zero attached hydrogens (tertiary/aromatic N) is 1. The average Bonchev–Trinajstić information content (AvgIpc) is 2.68.